The highest BCUT2D eigenvalue weighted by molar-refractivity contribution is 6.31. The van der Waals surface area contributed by atoms with Gasteiger partial charge in [0.05, 0.1) is 5.02 Å². The number of primary amides is 1. The molecule has 0 aliphatic rings. The Morgan fingerprint density at radius 1 is 1.57 bits per heavy atom. The molecule has 14 heavy (non-hydrogen) atoms. The monoisotopic (exact) mass is 235 g/mol. The zero-order valence-corrected chi connectivity index (χ0v) is 8.65. The van der Waals surface area contributed by atoms with E-state index in [9.17, 15) is 9.18 Å². The van der Waals surface area contributed by atoms with E-state index in [1.165, 1.54) is 12.1 Å². The van der Waals surface area contributed by atoms with Gasteiger partial charge in [-0.1, -0.05) is 17.7 Å². The van der Waals surface area contributed by atoms with Gasteiger partial charge in [0.15, 0.2) is 0 Å². The predicted molar refractivity (Wildman–Crippen MR) is 53.9 cm³/mol. The van der Waals surface area contributed by atoms with Crippen LogP contribution < -0.4 is 5.73 Å². The lowest BCUT2D eigenvalue weighted by atomic mass is 10.1. The highest BCUT2D eigenvalue weighted by Crippen LogP contribution is 2.17. The number of rotatable bonds is 3. The molecule has 1 rings (SSSR count). The standard InChI is InChI=1S/C9H8Cl2FNO/c10-6-2-1-5(4-8(6)12)3-7(11)9(13)14/h1-2,4,7H,3H2,(H2,13,14). The fourth-order valence-electron chi connectivity index (χ4n) is 0.974. The van der Waals surface area contributed by atoms with Gasteiger partial charge >= 0.3 is 0 Å². The van der Waals surface area contributed by atoms with E-state index in [2.05, 4.69) is 0 Å². The van der Waals surface area contributed by atoms with Crippen molar-refractivity contribution in [2.75, 3.05) is 0 Å². The molecule has 0 saturated heterocycles. The molecule has 0 bridgehead atoms. The molecule has 0 aliphatic heterocycles. The smallest absolute Gasteiger partial charge is 0.235 e. The molecule has 76 valence electrons. The first kappa shape index (κ1) is 11.3. The lowest BCUT2D eigenvalue weighted by molar-refractivity contribution is -0.117. The molecule has 0 fully saturated rings. The summed E-state index contributed by atoms with van der Waals surface area (Å²) in [6.07, 6.45) is 0.199. The summed E-state index contributed by atoms with van der Waals surface area (Å²) < 4.78 is 12.9. The van der Waals surface area contributed by atoms with Crippen molar-refractivity contribution >= 4 is 29.1 Å². The Hall–Kier alpha value is -0.800. The number of amides is 1. The van der Waals surface area contributed by atoms with Gasteiger partial charge in [0.25, 0.3) is 0 Å². The van der Waals surface area contributed by atoms with Gasteiger partial charge in [-0.3, -0.25) is 4.79 Å². The summed E-state index contributed by atoms with van der Waals surface area (Å²) in [5.74, 6) is -1.15. The third-order valence-corrected chi connectivity index (χ3v) is 2.38. The van der Waals surface area contributed by atoms with Gasteiger partial charge in [-0.05, 0) is 24.1 Å². The van der Waals surface area contributed by atoms with E-state index in [0.717, 1.165) is 0 Å². The number of carbonyl (C=O) groups excluding carboxylic acids is 1. The van der Waals surface area contributed by atoms with E-state index >= 15 is 0 Å². The Morgan fingerprint density at radius 2 is 2.21 bits per heavy atom. The summed E-state index contributed by atoms with van der Waals surface area (Å²) in [4.78, 5) is 10.6. The van der Waals surface area contributed by atoms with Crippen molar-refractivity contribution < 1.29 is 9.18 Å². The normalized spacial score (nSPS) is 12.5. The number of halogens is 3. The zero-order chi connectivity index (χ0) is 10.7. The molecule has 2 N–H and O–H groups in total. The summed E-state index contributed by atoms with van der Waals surface area (Å²) in [6, 6.07) is 4.25. The Kier molecular flexibility index (Phi) is 3.72. The molecule has 0 aliphatic carbocycles. The Balaban J connectivity index is 2.78. The second-order valence-electron chi connectivity index (χ2n) is 2.82. The van der Waals surface area contributed by atoms with Gasteiger partial charge in [-0.25, -0.2) is 4.39 Å². The van der Waals surface area contributed by atoms with Gasteiger partial charge in [0, 0.05) is 0 Å². The van der Waals surface area contributed by atoms with Crippen molar-refractivity contribution in [3.8, 4) is 0 Å². The van der Waals surface area contributed by atoms with Gasteiger partial charge in [0.1, 0.15) is 11.2 Å². The van der Waals surface area contributed by atoms with Crippen LogP contribution in [0.3, 0.4) is 0 Å². The largest absolute Gasteiger partial charge is 0.368 e. The maximum absolute atomic E-state index is 12.9. The fraction of sp³-hybridized carbons (Fsp3) is 0.222. The van der Waals surface area contributed by atoms with Gasteiger partial charge < -0.3 is 5.73 Å². The number of nitrogens with two attached hydrogens (primary N) is 1. The molecule has 0 saturated carbocycles. The Labute approximate surface area is 90.8 Å². The lowest BCUT2D eigenvalue weighted by Gasteiger charge is -2.05. The van der Waals surface area contributed by atoms with Crippen LogP contribution in [-0.4, -0.2) is 11.3 Å². The van der Waals surface area contributed by atoms with E-state index < -0.39 is 17.1 Å². The number of hydrogen-bond donors (Lipinski definition) is 1. The lowest BCUT2D eigenvalue weighted by Crippen LogP contribution is -2.25. The number of hydrogen-bond acceptors (Lipinski definition) is 1. The minimum Gasteiger partial charge on any atom is -0.368 e. The first-order valence-corrected chi connectivity index (χ1v) is 4.69. The van der Waals surface area contributed by atoms with Crippen LogP contribution in [0.4, 0.5) is 4.39 Å². The van der Waals surface area contributed by atoms with Crippen molar-refractivity contribution in [3.05, 3.63) is 34.6 Å². The molecule has 0 heterocycles. The van der Waals surface area contributed by atoms with Crippen LogP contribution in [0, 0.1) is 5.82 Å². The first-order valence-electron chi connectivity index (χ1n) is 3.88. The van der Waals surface area contributed by atoms with Crippen molar-refractivity contribution in [1.29, 1.82) is 0 Å². The third-order valence-electron chi connectivity index (χ3n) is 1.71. The molecule has 1 atom stereocenters. The summed E-state index contributed by atoms with van der Waals surface area (Å²) in [5.41, 5.74) is 5.55. The van der Waals surface area contributed by atoms with Crippen LogP contribution in [0.25, 0.3) is 0 Å². The van der Waals surface area contributed by atoms with E-state index in [-0.39, 0.29) is 11.4 Å². The van der Waals surface area contributed by atoms with Crippen LogP contribution in [-0.2, 0) is 11.2 Å². The van der Waals surface area contributed by atoms with Crippen LogP contribution in [0.1, 0.15) is 5.56 Å². The molecule has 0 aromatic heterocycles. The van der Waals surface area contributed by atoms with Crippen molar-refractivity contribution in [3.63, 3.8) is 0 Å². The molecule has 2 nitrogen and oxygen atoms in total. The molecule has 1 unspecified atom stereocenters. The van der Waals surface area contributed by atoms with Crippen molar-refractivity contribution in [1.82, 2.24) is 0 Å². The van der Waals surface area contributed by atoms with Crippen LogP contribution in [0.5, 0.6) is 0 Å². The quantitative estimate of drug-likeness (QED) is 0.802. The minimum absolute atomic E-state index is 0.0407. The summed E-state index contributed by atoms with van der Waals surface area (Å²) >= 11 is 11.1. The van der Waals surface area contributed by atoms with E-state index in [4.69, 9.17) is 28.9 Å². The second kappa shape index (κ2) is 4.62. The van der Waals surface area contributed by atoms with Crippen molar-refractivity contribution in [2.45, 2.75) is 11.8 Å². The van der Waals surface area contributed by atoms with Crippen molar-refractivity contribution in [2.24, 2.45) is 5.73 Å². The minimum atomic E-state index is -0.824. The molecule has 1 aromatic rings. The third kappa shape index (κ3) is 2.86. The van der Waals surface area contributed by atoms with E-state index in [1.807, 2.05) is 0 Å². The average Bonchev–Trinajstić information content (AvgIpc) is 2.11. The Bertz CT molecular complexity index is 357. The average molecular weight is 236 g/mol. The van der Waals surface area contributed by atoms with E-state index in [0.29, 0.717) is 5.56 Å². The summed E-state index contributed by atoms with van der Waals surface area (Å²) in [6.45, 7) is 0. The molecule has 5 heteroatoms. The number of alkyl halides is 1. The summed E-state index contributed by atoms with van der Waals surface area (Å²) in [5, 5.41) is -0.783. The fourth-order valence-corrected chi connectivity index (χ4v) is 1.27. The Morgan fingerprint density at radius 3 is 2.71 bits per heavy atom. The number of benzene rings is 1. The zero-order valence-electron chi connectivity index (χ0n) is 7.14. The highest BCUT2D eigenvalue weighted by Gasteiger charge is 2.12. The SMILES string of the molecule is NC(=O)C(Cl)Cc1ccc(Cl)c(F)c1. The second-order valence-corrected chi connectivity index (χ2v) is 3.76. The summed E-state index contributed by atoms with van der Waals surface area (Å²) in [7, 11) is 0. The van der Waals surface area contributed by atoms with Crippen LogP contribution >= 0.6 is 23.2 Å². The topological polar surface area (TPSA) is 43.1 Å². The molecule has 1 aromatic carbocycles. The molecule has 0 spiro atoms. The predicted octanol–water partition coefficient (Wildman–Crippen LogP) is 2.11. The molecule has 1 amide bonds. The van der Waals surface area contributed by atoms with Gasteiger partial charge in [0.2, 0.25) is 5.91 Å². The van der Waals surface area contributed by atoms with E-state index in [1.54, 1.807) is 6.07 Å². The number of carbonyl (C=O) groups is 1. The molecule has 0 radical (unpaired) electrons. The maximum Gasteiger partial charge on any atom is 0.235 e. The van der Waals surface area contributed by atoms with Gasteiger partial charge in [-0.2, -0.15) is 0 Å². The van der Waals surface area contributed by atoms with Gasteiger partial charge in [-0.15, -0.1) is 11.6 Å². The van der Waals surface area contributed by atoms with Crippen LogP contribution in [0.15, 0.2) is 18.2 Å². The van der Waals surface area contributed by atoms with Crippen LogP contribution in [0.2, 0.25) is 5.02 Å². The highest BCUT2D eigenvalue weighted by atomic mass is 35.5. The first-order chi connectivity index (χ1) is 6.50. The molecular formula is C9H8Cl2FNO. The molecular weight excluding hydrogens is 228 g/mol. The maximum atomic E-state index is 12.9.